The summed E-state index contributed by atoms with van der Waals surface area (Å²) in [6.45, 7) is 2.38. The maximum absolute atomic E-state index is 10.3. The smallest absolute Gasteiger partial charge is 0.305 e. The Hall–Kier alpha value is -1.10. The molecule has 0 bridgehead atoms. The number of ether oxygens (including phenoxy) is 1. The third-order valence-electron chi connectivity index (χ3n) is 1.08. The summed E-state index contributed by atoms with van der Waals surface area (Å²) in [5.74, 6) is -0.994. The van der Waals surface area contributed by atoms with Gasteiger partial charge in [0.2, 0.25) is 5.91 Å². The molecule has 0 rings (SSSR count). The van der Waals surface area contributed by atoms with Crippen LogP contribution in [0.5, 0.6) is 0 Å². The van der Waals surface area contributed by atoms with Gasteiger partial charge in [-0.3, -0.25) is 9.59 Å². The van der Waals surface area contributed by atoms with Gasteiger partial charge in [-0.15, -0.1) is 0 Å². The Morgan fingerprint density at radius 3 is 2.58 bits per heavy atom. The second kappa shape index (κ2) is 6.60. The lowest BCUT2D eigenvalue weighted by atomic mass is 10.5. The van der Waals surface area contributed by atoms with E-state index in [-0.39, 0.29) is 18.9 Å². The van der Waals surface area contributed by atoms with Gasteiger partial charge >= 0.3 is 5.97 Å². The van der Waals surface area contributed by atoms with Crippen molar-refractivity contribution in [3.8, 4) is 0 Å². The molecule has 0 aliphatic carbocycles. The topological polar surface area (TPSA) is 75.6 Å². The molecule has 5 heteroatoms. The van der Waals surface area contributed by atoms with Crippen molar-refractivity contribution in [3.05, 3.63) is 0 Å². The maximum Gasteiger partial charge on any atom is 0.305 e. The molecule has 0 radical (unpaired) electrons. The predicted molar refractivity (Wildman–Crippen MR) is 41.8 cm³/mol. The quantitative estimate of drug-likeness (QED) is 0.539. The molecule has 0 aromatic heterocycles. The zero-order valence-electron chi connectivity index (χ0n) is 7.00. The van der Waals surface area contributed by atoms with Crippen LogP contribution in [0.3, 0.4) is 0 Å². The van der Waals surface area contributed by atoms with Gasteiger partial charge < -0.3 is 15.2 Å². The lowest BCUT2D eigenvalue weighted by Gasteiger charge is -2.02. The summed E-state index contributed by atoms with van der Waals surface area (Å²) in [7, 11) is 0. The van der Waals surface area contributed by atoms with Gasteiger partial charge in [0.05, 0.1) is 19.6 Å². The number of carboxylic acids is 1. The zero-order valence-corrected chi connectivity index (χ0v) is 7.00. The van der Waals surface area contributed by atoms with Gasteiger partial charge in [0, 0.05) is 13.5 Å². The van der Waals surface area contributed by atoms with Crippen molar-refractivity contribution in [2.24, 2.45) is 0 Å². The Morgan fingerprint density at radius 2 is 2.08 bits per heavy atom. The van der Waals surface area contributed by atoms with E-state index in [0.717, 1.165) is 0 Å². The monoisotopic (exact) mass is 175 g/mol. The molecule has 0 aliphatic rings. The number of nitrogens with one attached hydrogen (secondary N) is 1. The van der Waals surface area contributed by atoms with Crippen LogP contribution in [-0.4, -0.2) is 36.7 Å². The van der Waals surface area contributed by atoms with Gasteiger partial charge in [-0.25, -0.2) is 0 Å². The zero-order chi connectivity index (χ0) is 9.40. The average molecular weight is 175 g/mol. The summed E-state index contributed by atoms with van der Waals surface area (Å²) < 4.78 is 4.90. The van der Waals surface area contributed by atoms with Crippen LogP contribution in [0.25, 0.3) is 0 Å². The van der Waals surface area contributed by atoms with Crippen molar-refractivity contribution in [3.63, 3.8) is 0 Å². The standard InChI is InChI=1S/C7H13NO4/c1-6(9)8-3-5-12-4-2-7(10)11/h2-5H2,1H3,(H,8,9)(H,10,11). The SMILES string of the molecule is CC(=O)NCCOCCC(=O)O. The fourth-order valence-corrected chi connectivity index (χ4v) is 0.561. The van der Waals surface area contributed by atoms with E-state index >= 15 is 0 Å². The Bertz CT molecular complexity index is 139. The second-order valence-electron chi connectivity index (χ2n) is 2.24. The minimum atomic E-state index is -0.880. The first-order chi connectivity index (χ1) is 5.63. The highest BCUT2D eigenvalue weighted by Crippen LogP contribution is 1.81. The normalized spacial score (nSPS) is 9.42. The highest BCUT2D eigenvalue weighted by Gasteiger charge is 1.95. The van der Waals surface area contributed by atoms with E-state index < -0.39 is 5.97 Å². The molecule has 0 fully saturated rings. The number of carbonyl (C=O) groups excluding carboxylic acids is 1. The molecular weight excluding hydrogens is 162 g/mol. The van der Waals surface area contributed by atoms with Crippen LogP contribution in [0.4, 0.5) is 0 Å². The summed E-state index contributed by atoms with van der Waals surface area (Å²) in [5.41, 5.74) is 0. The van der Waals surface area contributed by atoms with Crippen LogP contribution in [-0.2, 0) is 14.3 Å². The first-order valence-electron chi connectivity index (χ1n) is 3.67. The molecule has 1 amide bonds. The van der Waals surface area contributed by atoms with Crippen molar-refractivity contribution < 1.29 is 19.4 Å². The Kier molecular flexibility index (Phi) is 6.00. The predicted octanol–water partition coefficient (Wildman–Crippen LogP) is -0.386. The molecule has 5 nitrogen and oxygen atoms in total. The van der Waals surface area contributed by atoms with E-state index in [1.54, 1.807) is 0 Å². The molecule has 0 aromatic rings. The largest absolute Gasteiger partial charge is 0.481 e. The molecule has 0 saturated heterocycles. The van der Waals surface area contributed by atoms with Gasteiger partial charge in [-0.2, -0.15) is 0 Å². The minimum absolute atomic E-state index is 0.0000709. The number of aliphatic carboxylic acids is 1. The highest BCUT2D eigenvalue weighted by molar-refractivity contribution is 5.72. The van der Waals surface area contributed by atoms with Gasteiger partial charge in [-0.05, 0) is 0 Å². The van der Waals surface area contributed by atoms with Crippen molar-refractivity contribution in [2.75, 3.05) is 19.8 Å². The molecule has 0 heterocycles. The van der Waals surface area contributed by atoms with Crippen molar-refractivity contribution in [1.82, 2.24) is 5.32 Å². The summed E-state index contributed by atoms with van der Waals surface area (Å²) >= 11 is 0. The third-order valence-corrected chi connectivity index (χ3v) is 1.08. The van der Waals surface area contributed by atoms with E-state index in [2.05, 4.69) is 5.32 Å². The fourth-order valence-electron chi connectivity index (χ4n) is 0.561. The van der Waals surface area contributed by atoms with Crippen LogP contribution in [0.15, 0.2) is 0 Å². The number of rotatable bonds is 6. The molecule has 0 spiro atoms. The number of carboxylic acid groups (broad SMARTS) is 1. The maximum atomic E-state index is 10.3. The van der Waals surface area contributed by atoms with Crippen LogP contribution in [0.2, 0.25) is 0 Å². The number of amides is 1. The molecule has 0 saturated carbocycles. The highest BCUT2D eigenvalue weighted by atomic mass is 16.5. The minimum Gasteiger partial charge on any atom is -0.481 e. The van der Waals surface area contributed by atoms with Crippen LogP contribution in [0.1, 0.15) is 13.3 Å². The molecule has 12 heavy (non-hydrogen) atoms. The van der Waals surface area contributed by atoms with Crippen LogP contribution >= 0.6 is 0 Å². The molecular formula is C7H13NO4. The van der Waals surface area contributed by atoms with Crippen molar-refractivity contribution in [1.29, 1.82) is 0 Å². The van der Waals surface area contributed by atoms with E-state index in [0.29, 0.717) is 13.2 Å². The van der Waals surface area contributed by atoms with Gasteiger partial charge in [0.25, 0.3) is 0 Å². The third kappa shape index (κ3) is 8.90. The summed E-state index contributed by atoms with van der Waals surface area (Å²) in [5, 5.41) is 10.7. The molecule has 70 valence electrons. The first-order valence-corrected chi connectivity index (χ1v) is 3.67. The van der Waals surface area contributed by atoms with Crippen LogP contribution in [0, 0.1) is 0 Å². The number of hydrogen-bond donors (Lipinski definition) is 2. The van der Waals surface area contributed by atoms with Crippen molar-refractivity contribution in [2.45, 2.75) is 13.3 Å². The molecule has 0 aliphatic heterocycles. The summed E-state index contributed by atoms with van der Waals surface area (Å²) in [4.78, 5) is 20.3. The molecule has 0 atom stereocenters. The van der Waals surface area contributed by atoms with Crippen molar-refractivity contribution >= 4 is 11.9 Å². The van der Waals surface area contributed by atoms with E-state index in [1.165, 1.54) is 6.92 Å². The summed E-state index contributed by atoms with van der Waals surface area (Å²) in [6, 6.07) is 0. The fraction of sp³-hybridized carbons (Fsp3) is 0.714. The number of carbonyl (C=O) groups is 2. The number of hydrogen-bond acceptors (Lipinski definition) is 3. The van der Waals surface area contributed by atoms with Gasteiger partial charge in [-0.1, -0.05) is 0 Å². The van der Waals surface area contributed by atoms with E-state index in [4.69, 9.17) is 9.84 Å². The van der Waals surface area contributed by atoms with Gasteiger partial charge in [0.1, 0.15) is 0 Å². The molecule has 0 unspecified atom stereocenters. The van der Waals surface area contributed by atoms with Crippen LogP contribution < -0.4 is 5.32 Å². The molecule has 2 N–H and O–H groups in total. The first kappa shape index (κ1) is 10.9. The van der Waals surface area contributed by atoms with Gasteiger partial charge in [0.15, 0.2) is 0 Å². The lowest BCUT2D eigenvalue weighted by Crippen LogP contribution is -2.24. The Balaban J connectivity index is 3.01. The Morgan fingerprint density at radius 1 is 1.42 bits per heavy atom. The lowest BCUT2D eigenvalue weighted by molar-refractivity contribution is -0.138. The average Bonchev–Trinajstić information content (AvgIpc) is 1.95. The van der Waals surface area contributed by atoms with E-state index in [1.807, 2.05) is 0 Å². The van der Waals surface area contributed by atoms with E-state index in [9.17, 15) is 9.59 Å². The Labute approximate surface area is 70.7 Å². The summed E-state index contributed by atoms with van der Waals surface area (Å²) in [6.07, 6.45) is 0.0000709. The second-order valence-corrected chi connectivity index (χ2v) is 2.24. The molecule has 0 aromatic carbocycles.